The maximum absolute atomic E-state index is 13.3. The van der Waals surface area contributed by atoms with E-state index in [9.17, 15) is 9.59 Å². The third-order valence-corrected chi connectivity index (χ3v) is 5.84. The molecule has 9 nitrogen and oxygen atoms in total. The molecule has 4 rings (SSSR count). The number of ether oxygens (including phenoxy) is 2. The molecule has 2 N–H and O–H groups in total. The lowest BCUT2D eigenvalue weighted by atomic mass is 10.2. The van der Waals surface area contributed by atoms with Gasteiger partial charge in [-0.15, -0.1) is 0 Å². The van der Waals surface area contributed by atoms with Crippen LogP contribution in [0.25, 0.3) is 0 Å². The second kappa shape index (κ2) is 10.1. The number of amides is 3. The zero-order valence-corrected chi connectivity index (χ0v) is 19.3. The van der Waals surface area contributed by atoms with Gasteiger partial charge in [-0.1, -0.05) is 17.7 Å². The first kappa shape index (κ1) is 22.9. The third-order valence-electron chi connectivity index (χ3n) is 5.84. The molecular formula is C24H31N5O4. The van der Waals surface area contributed by atoms with Crippen molar-refractivity contribution in [1.82, 2.24) is 10.2 Å². The van der Waals surface area contributed by atoms with E-state index < -0.39 is 6.35 Å². The minimum atomic E-state index is -0.573. The fourth-order valence-corrected chi connectivity index (χ4v) is 3.92. The molecule has 176 valence electrons. The highest BCUT2D eigenvalue weighted by Gasteiger charge is 2.30. The molecular weight excluding hydrogens is 422 g/mol. The number of morpholine rings is 1. The highest BCUT2D eigenvalue weighted by molar-refractivity contribution is 6.02. The van der Waals surface area contributed by atoms with E-state index >= 15 is 0 Å². The van der Waals surface area contributed by atoms with Crippen molar-refractivity contribution in [2.45, 2.75) is 20.2 Å². The first-order valence-electron chi connectivity index (χ1n) is 11.2. The monoisotopic (exact) mass is 453 g/mol. The number of nitrogens with one attached hydrogen (secondary N) is 2. The van der Waals surface area contributed by atoms with Crippen LogP contribution in [0.15, 0.2) is 42.5 Å². The lowest BCUT2D eigenvalue weighted by Gasteiger charge is -2.30. The number of aryl methyl sites for hydroxylation is 1. The third kappa shape index (κ3) is 5.55. The van der Waals surface area contributed by atoms with Crippen molar-refractivity contribution in [3.05, 3.63) is 48.0 Å². The molecule has 0 saturated carbocycles. The Morgan fingerprint density at radius 2 is 1.85 bits per heavy atom. The number of carbonyl (C=O) groups is 2. The van der Waals surface area contributed by atoms with Gasteiger partial charge in [0.15, 0.2) is 0 Å². The standard InChI is InChI=1S/C24H31N5O4/c1-17-4-6-19(7-5-17)26-23(31)29(11-10-28-12-14-32-15-13-28)20-8-9-21-22(16-20)33-24(27(21)3)25-18(2)30/h4-9,16,24H,10-15H2,1-3H3,(H,25,30)(H,26,31). The van der Waals surface area contributed by atoms with E-state index in [-0.39, 0.29) is 11.9 Å². The van der Waals surface area contributed by atoms with Crippen molar-refractivity contribution in [3.63, 3.8) is 0 Å². The van der Waals surface area contributed by atoms with Crippen LogP contribution in [0.1, 0.15) is 12.5 Å². The predicted molar refractivity (Wildman–Crippen MR) is 128 cm³/mol. The summed E-state index contributed by atoms with van der Waals surface area (Å²) in [5.41, 5.74) is 3.45. The summed E-state index contributed by atoms with van der Waals surface area (Å²) in [6, 6.07) is 13.2. The van der Waals surface area contributed by atoms with Crippen LogP contribution in [0.5, 0.6) is 5.75 Å². The van der Waals surface area contributed by atoms with E-state index in [2.05, 4.69) is 15.5 Å². The van der Waals surface area contributed by atoms with Crippen molar-refractivity contribution in [3.8, 4) is 5.75 Å². The van der Waals surface area contributed by atoms with Crippen LogP contribution in [0.4, 0.5) is 21.9 Å². The number of hydrogen-bond acceptors (Lipinski definition) is 6. The lowest BCUT2D eigenvalue weighted by molar-refractivity contribution is -0.121. The Bertz CT molecular complexity index is 991. The molecule has 9 heteroatoms. The fourth-order valence-electron chi connectivity index (χ4n) is 3.92. The molecule has 2 aliphatic rings. The summed E-state index contributed by atoms with van der Waals surface area (Å²) in [5.74, 6) is 0.442. The minimum Gasteiger partial charge on any atom is -0.450 e. The molecule has 1 atom stereocenters. The number of nitrogens with zero attached hydrogens (tertiary/aromatic N) is 3. The van der Waals surface area contributed by atoms with E-state index in [1.54, 1.807) is 4.90 Å². The molecule has 33 heavy (non-hydrogen) atoms. The fraction of sp³-hybridized carbons (Fsp3) is 0.417. The Hall–Kier alpha value is -3.30. The van der Waals surface area contributed by atoms with Gasteiger partial charge in [-0.3, -0.25) is 14.6 Å². The zero-order chi connectivity index (χ0) is 23.4. The molecule has 2 aromatic rings. The van der Waals surface area contributed by atoms with Gasteiger partial charge in [-0.05, 0) is 31.2 Å². The quantitative estimate of drug-likeness (QED) is 0.699. The molecule has 0 radical (unpaired) electrons. The van der Waals surface area contributed by atoms with Crippen LogP contribution >= 0.6 is 0 Å². The highest BCUT2D eigenvalue weighted by Crippen LogP contribution is 2.38. The maximum atomic E-state index is 13.3. The molecule has 1 fully saturated rings. The number of rotatable bonds is 6. The smallest absolute Gasteiger partial charge is 0.326 e. The van der Waals surface area contributed by atoms with Crippen LogP contribution < -0.4 is 25.2 Å². The topological polar surface area (TPSA) is 86.4 Å². The Labute approximate surface area is 194 Å². The summed E-state index contributed by atoms with van der Waals surface area (Å²) in [5, 5.41) is 5.77. The Kier molecular flexibility index (Phi) is 7.00. The van der Waals surface area contributed by atoms with Gasteiger partial charge in [0.05, 0.1) is 18.9 Å². The van der Waals surface area contributed by atoms with Crippen molar-refractivity contribution < 1.29 is 19.1 Å². The molecule has 0 aliphatic carbocycles. The van der Waals surface area contributed by atoms with Gasteiger partial charge in [-0.2, -0.15) is 0 Å². The van der Waals surface area contributed by atoms with Gasteiger partial charge in [0.1, 0.15) is 5.75 Å². The van der Waals surface area contributed by atoms with Crippen LogP contribution in [0.2, 0.25) is 0 Å². The molecule has 0 bridgehead atoms. The molecule has 2 heterocycles. The molecule has 0 spiro atoms. The number of benzene rings is 2. The average molecular weight is 454 g/mol. The SMILES string of the molecule is CC(=O)NC1Oc2cc(N(CCN3CCOCC3)C(=O)Nc3ccc(C)cc3)ccc2N1C. The molecule has 3 amide bonds. The summed E-state index contributed by atoms with van der Waals surface area (Å²) in [6.07, 6.45) is -0.573. The number of anilines is 3. The van der Waals surface area contributed by atoms with E-state index in [0.717, 1.165) is 42.3 Å². The van der Waals surface area contributed by atoms with E-state index in [0.29, 0.717) is 25.5 Å². The zero-order valence-electron chi connectivity index (χ0n) is 19.3. The minimum absolute atomic E-state index is 0.176. The number of carbonyl (C=O) groups excluding carboxylic acids is 2. The largest absolute Gasteiger partial charge is 0.450 e. The number of urea groups is 1. The number of fused-ring (bicyclic) bond motifs is 1. The number of hydrogen-bond donors (Lipinski definition) is 2. The first-order chi connectivity index (χ1) is 15.9. The molecule has 2 aromatic carbocycles. The summed E-state index contributed by atoms with van der Waals surface area (Å²) in [7, 11) is 1.85. The molecule has 1 unspecified atom stereocenters. The summed E-state index contributed by atoms with van der Waals surface area (Å²) in [6.45, 7) is 7.83. The first-order valence-corrected chi connectivity index (χ1v) is 11.2. The van der Waals surface area contributed by atoms with Crippen molar-refractivity contribution in [1.29, 1.82) is 0 Å². The van der Waals surface area contributed by atoms with E-state index in [4.69, 9.17) is 9.47 Å². The van der Waals surface area contributed by atoms with Gasteiger partial charge >= 0.3 is 6.03 Å². The van der Waals surface area contributed by atoms with Crippen molar-refractivity contribution >= 4 is 29.0 Å². The van der Waals surface area contributed by atoms with Crippen LogP contribution in [0, 0.1) is 6.92 Å². The van der Waals surface area contributed by atoms with Gasteiger partial charge < -0.3 is 25.0 Å². The van der Waals surface area contributed by atoms with Gasteiger partial charge in [0.2, 0.25) is 5.91 Å². The van der Waals surface area contributed by atoms with Gasteiger partial charge in [0, 0.05) is 57.6 Å². The Morgan fingerprint density at radius 3 is 2.55 bits per heavy atom. The second-order valence-corrected chi connectivity index (χ2v) is 8.34. The summed E-state index contributed by atoms with van der Waals surface area (Å²) < 4.78 is 11.4. The summed E-state index contributed by atoms with van der Waals surface area (Å²) >= 11 is 0. The van der Waals surface area contributed by atoms with Gasteiger partial charge in [0.25, 0.3) is 6.35 Å². The second-order valence-electron chi connectivity index (χ2n) is 8.34. The predicted octanol–water partition coefficient (Wildman–Crippen LogP) is 2.61. The van der Waals surface area contributed by atoms with Crippen molar-refractivity contribution in [2.24, 2.45) is 0 Å². The highest BCUT2D eigenvalue weighted by atomic mass is 16.5. The Balaban J connectivity index is 1.54. The normalized spacial score (nSPS) is 17.8. The van der Waals surface area contributed by atoms with E-state index in [1.807, 2.05) is 61.3 Å². The van der Waals surface area contributed by atoms with E-state index in [1.165, 1.54) is 6.92 Å². The molecule has 2 aliphatic heterocycles. The van der Waals surface area contributed by atoms with Gasteiger partial charge in [-0.25, -0.2) is 4.79 Å². The van der Waals surface area contributed by atoms with Crippen LogP contribution in [-0.2, 0) is 9.53 Å². The summed E-state index contributed by atoms with van der Waals surface area (Å²) in [4.78, 5) is 30.7. The lowest BCUT2D eigenvalue weighted by Crippen LogP contribution is -2.46. The van der Waals surface area contributed by atoms with Crippen LogP contribution in [-0.4, -0.2) is 69.6 Å². The molecule has 0 aromatic heterocycles. The van der Waals surface area contributed by atoms with Crippen molar-refractivity contribution in [2.75, 3.05) is 61.6 Å². The average Bonchev–Trinajstić information content (AvgIpc) is 3.10. The van der Waals surface area contributed by atoms with Crippen LogP contribution in [0.3, 0.4) is 0 Å². The maximum Gasteiger partial charge on any atom is 0.326 e. The molecule has 1 saturated heterocycles. The Morgan fingerprint density at radius 1 is 1.12 bits per heavy atom.